The van der Waals surface area contributed by atoms with E-state index in [1.807, 2.05) is 42.5 Å². The maximum Gasteiger partial charge on any atom is 0.277 e. The fourth-order valence-electron chi connectivity index (χ4n) is 3.24. The van der Waals surface area contributed by atoms with Crippen LogP contribution in [0.2, 0.25) is 0 Å². The summed E-state index contributed by atoms with van der Waals surface area (Å²) in [6.45, 7) is 0.424. The molecular formula is C23H20N6O3. The van der Waals surface area contributed by atoms with Crippen LogP contribution in [-0.4, -0.2) is 25.8 Å². The number of nitrogens with two attached hydrogens (primary N) is 1. The van der Waals surface area contributed by atoms with Crippen LogP contribution < -0.4 is 11.1 Å². The monoisotopic (exact) mass is 428 g/mol. The Kier molecular flexibility index (Phi) is 5.89. The summed E-state index contributed by atoms with van der Waals surface area (Å²) in [6.07, 6.45) is 2.04. The van der Waals surface area contributed by atoms with Gasteiger partial charge in [-0.3, -0.25) is 19.6 Å². The highest BCUT2D eigenvalue weighted by molar-refractivity contribution is 6.04. The van der Waals surface area contributed by atoms with E-state index in [1.54, 1.807) is 18.2 Å². The molecule has 1 amide bonds. The average Bonchev–Trinajstić information content (AvgIpc) is 3.29. The molecule has 0 atom stereocenters. The number of amides is 1. The molecule has 0 radical (unpaired) electrons. The van der Waals surface area contributed by atoms with Crippen molar-refractivity contribution in [2.45, 2.75) is 13.0 Å². The number of aryl methyl sites for hydroxylation is 2. The molecule has 1 aromatic heterocycles. The first-order chi connectivity index (χ1) is 15.5. The third-order valence-electron chi connectivity index (χ3n) is 4.93. The van der Waals surface area contributed by atoms with Crippen LogP contribution in [0.25, 0.3) is 11.1 Å². The molecule has 32 heavy (non-hydrogen) atoms. The van der Waals surface area contributed by atoms with E-state index in [9.17, 15) is 14.9 Å². The Hall–Kier alpha value is -4.53. The molecule has 1 heterocycles. The number of nitro groups is 1. The molecule has 0 saturated heterocycles. The van der Waals surface area contributed by atoms with Crippen molar-refractivity contribution in [3.8, 4) is 11.1 Å². The number of non-ortho nitro benzene ring substituents is 1. The molecule has 0 aliphatic rings. The number of benzene rings is 3. The van der Waals surface area contributed by atoms with E-state index in [0.29, 0.717) is 24.3 Å². The molecule has 0 saturated carbocycles. The summed E-state index contributed by atoms with van der Waals surface area (Å²) in [7, 11) is 0. The smallest absolute Gasteiger partial charge is 0.277 e. The van der Waals surface area contributed by atoms with E-state index in [1.165, 1.54) is 23.0 Å². The minimum atomic E-state index is -0.431. The van der Waals surface area contributed by atoms with Gasteiger partial charge in [-0.25, -0.2) is 0 Å². The van der Waals surface area contributed by atoms with Crippen LogP contribution in [0.4, 0.5) is 17.1 Å². The van der Waals surface area contributed by atoms with Gasteiger partial charge in [-0.05, 0) is 35.2 Å². The van der Waals surface area contributed by atoms with Gasteiger partial charge in [-0.1, -0.05) is 53.7 Å². The molecule has 4 aromatic rings. The van der Waals surface area contributed by atoms with Crippen molar-refractivity contribution in [2.24, 2.45) is 0 Å². The molecule has 9 heteroatoms. The Morgan fingerprint density at radius 1 is 1.03 bits per heavy atom. The summed E-state index contributed by atoms with van der Waals surface area (Å²) in [5.74, 6) is -0.427. The lowest BCUT2D eigenvalue weighted by Crippen LogP contribution is -2.14. The number of nitrogens with zero attached hydrogens (tertiary/aromatic N) is 4. The van der Waals surface area contributed by atoms with Gasteiger partial charge in [0, 0.05) is 18.7 Å². The zero-order valence-electron chi connectivity index (χ0n) is 17.0. The van der Waals surface area contributed by atoms with E-state index in [4.69, 9.17) is 5.73 Å². The first-order valence-corrected chi connectivity index (χ1v) is 9.89. The Morgan fingerprint density at radius 3 is 2.62 bits per heavy atom. The van der Waals surface area contributed by atoms with Gasteiger partial charge in [-0.15, -0.1) is 5.10 Å². The largest absolute Gasteiger partial charge is 0.397 e. The van der Waals surface area contributed by atoms with Crippen molar-refractivity contribution in [3.05, 3.63) is 100 Å². The summed E-state index contributed by atoms with van der Waals surface area (Å²) in [5.41, 5.74) is 9.89. The number of carbonyl (C=O) groups is 1. The van der Waals surface area contributed by atoms with Gasteiger partial charge in [0.25, 0.3) is 11.6 Å². The number of anilines is 2. The number of hydrogen-bond donors (Lipinski definition) is 2. The van der Waals surface area contributed by atoms with Crippen LogP contribution in [0, 0.1) is 10.1 Å². The molecule has 0 spiro atoms. The van der Waals surface area contributed by atoms with Gasteiger partial charge in [0.05, 0.1) is 22.5 Å². The predicted molar refractivity (Wildman–Crippen MR) is 121 cm³/mol. The summed E-state index contributed by atoms with van der Waals surface area (Å²) in [6, 6.07) is 21.6. The van der Waals surface area contributed by atoms with E-state index in [0.717, 1.165) is 16.7 Å². The van der Waals surface area contributed by atoms with Crippen LogP contribution in [0.5, 0.6) is 0 Å². The van der Waals surface area contributed by atoms with Gasteiger partial charge in [0.1, 0.15) is 0 Å². The number of hydrogen-bond acceptors (Lipinski definition) is 6. The molecule has 9 nitrogen and oxygen atoms in total. The van der Waals surface area contributed by atoms with Crippen molar-refractivity contribution in [2.75, 3.05) is 11.1 Å². The Labute approximate surface area is 183 Å². The molecular weight excluding hydrogens is 408 g/mol. The minimum absolute atomic E-state index is 0.0384. The highest BCUT2D eigenvalue weighted by atomic mass is 16.6. The highest BCUT2D eigenvalue weighted by Crippen LogP contribution is 2.27. The SMILES string of the molecule is Nc1ccc(-c2ccccc2)cc1NC(=O)c1cn(CCc2cccc([N+](=O)[O-])c2)nn1. The zero-order valence-corrected chi connectivity index (χ0v) is 17.0. The molecule has 0 aliphatic heterocycles. The van der Waals surface area contributed by atoms with Crippen LogP contribution in [-0.2, 0) is 13.0 Å². The second kappa shape index (κ2) is 9.09. The molecule has 3 N–H and O–H groups in total. The second-order valence-corrected chi connectivity index (χ2v) is 7.17. The predicted octanol–water partition coefficient (Wildman–Crippen LogP) is 3.93. The fourth-order valence-corrected chi connectivity index (χ4v) is 3.24. The van der Waals surface area contributed by atoms with Crippen LogP contribution in [0.1, 0.15) is 16.1 Å². The Balaban J connectivity index is 1.43. The lowest BCUT2D eigenvalue weighted by molar-refractivity contribution is -0.384. The summed E-state index contributed by atoms with van der Waals surface area (Å²) in [4.78, 5) is 23.1. The highest BCUT2D eigenvalue weighted by Gasteiger charge is 2.14. The third kappa shape index (κ3) is 4.78. The van der Waals surface area contributed by atoms with Crippen molar-refractivity contribution in [1.29, 1.82) is 0 Å². The first-order valence-electron chi connectivity index (χ1n) is 9.89. The molecule has 0 fully saturated rings. The summed E-state index contributed by atoms with van der Waals surface area (Å²) in [5, 5.41) is 21.6. The van der Waals surface area contributed by atoms with Crippen molar-refractivity contribution < 1.29 is 9.72 Å². The first kappa shape index (κ1) is 20.7. The van der Waals surface area contributed by atoms with Crippen molar-refractivity contribution in [1.82, 2.24) is 15.0 Å². The second-order valence-electron chi connectivity index (χ2n) is 7.17. The quantitative estimate of drug-likeness (QED) is 0.261. The maximum absolute atomic E-state index is 12.7. The molecule has 0 bridgehead atoms. The number of nitrogen functional groups attached to an aromatic ring is 1. The molecule has 3 aromatic carbocycles. The number of rotatable bonds is 7. The Morgan fingerprint density at radius 2 is 1.84 bits per heavy atom. The normalized spacial score (nSPS) is 10.6. The van der Waals surface area contributed by atoms with E-state index in [-0.39, 0.29) is 11.4 Å². The lowest BCUT2D eigenvalue weighted by atomic mass is 10.0. The summed E-state index contributed by atoms with van der Waals surface area (Å²) >= 11 is 0. The minimum Gasteiger partial charge on any atom is -0.397 e. The lowest BCUT2D eigenvalue weighted by Gasteiger charge is -2.09. The average molecular weight is 428 g/mol. The molecule has 160 valence electrons. The summed E-state index contributed by atoms with van der Waals surface area (Å²) < 4.78 is 1.53. The van der Waals surface area contributed by atoms with E-state index in [2.05, 4.69) is 15.6 Å². The standard InChI is InChI=1S/C23H20N6O3/c24-20-10-9-18(17-6-2-1-3-7-17)14-21(20)25-23(30)22-15-28(27-26-22)12-11-16-5-4-8-19(13-16)29(31)32/h1-10,13-15H,11-12,24H2,(H,25,30). The van der Waals surface area contributed by atoms with Crippen molar-refractivity contribution in [3.63, 3.8) is 0 Å². The van der Waals surface area contributed by atoms with Gasteiger partial charge < -0.3 is 11.1 Å². The van der Waals surface area contributed by atoms with E-state index >= 15 is 0 Å². The van der Waals surface area contributed by atoms with Crippen LogP contribution >= 0.6 is 0 Å². The van der Waals surface area contributed by atoms with E-state index < -0.39 is 10.8 Å². The van der Waals surface area contributed by atoms with Crippen molar-refractivity contribution >= 4 is 23.0 Å². The third-order valence-corrected chi connectivity index (χ3v) is 4.93. The van der Waals surface area contributed by atoms with Crippen LogP contribution in [0.15, 0.2) is 79.0 Å². The number of nitro benzene ring substituents is 1. The fraction of sp³-hybridized carbons (Fsp3) is 0.0870. The molecule has 0 aliphatic carbocycles. The van der Waals surface area contributed by atoms with Gasteiger partial charge in [-0.2, -0.15) is 0 Å². The number of nitrogens with one attached hydrogen (secondary N) is 1. The zero-order chi connectivity index (χ0) is 22.5. The topological polar surface area (TPSA) is 129 Å². The number of aromatic nitrogens is 3. The van der Waals surface area contributed by atoms with Gasteiger partial charge >= 0.3 is 0 Å². The van der Waals surface area contributed by atoms with Crippen LogP contribution in [0.3, 0.4) is 0 Å². The number of carbonyl (C=O) groups excluding carboxylic acids is 1. The van der Waals surface area contributed by atoms with Gasteiger partial charge in [0.2, 0.25) is 0 Å². The molecule has 4 rings (SSSR count). The Bertz CT molecular complexity index is 1270. The molecule has 0 unspecified atom stereocenters. The van der Waals surface area contributed by atoms with Gasteiger partial charge in [0.15, 0.2) is 5.69 Å². The maximum atomic E-state index is 12.7.